The molecule has 3 aromatic rings. The standard InChI is InChI=1S/C13H11N5OS/c1-20-13-9(4-2-6-14-13)12(19)16-10-5-3-7-18-8-15-17-11(10)18/h2-8H,1H3,(H,16,19). The molecule has 1 N–H and O–H groups in total. The molecule has 0 aromatic carbocycles. The zero-order chi connectivity index (χ0) is 13.9. The summed E-state index contributed by atoms with van der Waals surface area (Å²) in [6.45, 7) is 0. The van der Waals surface area contributed by atoms with Gasteiger partial charge in [0.25, 0.3) is 5.91 Å². The van der Waals surface area contributed by atoms with Gasteiger partial charge < -0.3 is 5.32 Å². The molecular formula is C13H11N5OS. The Morgan fingerprint density at radius 2 is 2.25 bits per heavy atom. The quantitative estimate of drug-likeness (QED) is 0.746. The van der Waals surface area contributed by atoms with E-state index in [4.69, 9.17) is 0 Å². The summed E-state index contributed by atoms with van der Waals surface area (Å²) in [6, 6.07) is 7.10. The van der Waals surface area contributed by atoms with Crippen molar-refractivity contribution >= 4 is 29.0 Å². The monoisotopic (exact) mass is 285 g/mol. The molecule has 0 saturated carbocycles. The maximum atomic E-state index is 12.3. The van der Waals surface area contributed by atoms with E-state index in [1.54, 1.807) is 35.1 Å². The van der Waals surface area contributed by atoms with Gasteiger partial charge in [0.1, 0.15) is 11.4 Å². The summed E-state index contributed by atoms with van der Waals surface area (Å²) in [7, 11) is 0. The summed E-state index contributed by atoms with van der Waals surface area (Å²) in [5.74, 6) is -0.210. The van der Waals surface area contributed by atoms with Gasteiger partial charge in [0, 0.05) is 12.4 Å². The molecule has 0 bridgehead atoms. The van der Waals surface area contributed by atoms with Crippen molar-refractivity contribution in [2.75, 3.05) is 11.6 Å². The van der Waals surface area contributed by atoms with Gasteiger partial charge >= 0.3 is 0 Å². The first kappa shape index (κ1) is 12.6. The fourth-order valence-electron chi connectivity index (χ4n) is 1.86. The molecule has 0 saturated heterocycles. The van der Waals surface area contributed by atoms with Crippen LogP contribution in [0.5, 0.6) is 0 Å². The minimum Gasteiger partial charge on any atom is -0.319 e. The highest BCUT2D eigenvalue weighted by atomic mass is 32.2. The summed E-state index contributed by atoms with van der Waals surface area (Å²) >= 11 is 1.43. The first-order chi connectivity index (χ1) is 9.79. The predicted molar refractivity (Wildman–Crippen MR) is 77.0 cm³/mol. The van der Waals surface area contributed by atoms with Crippen LogP contribution in [-0.4, -0.2) is 31.7 Å². The van der Waals surface area contributed by atoms with Crippen LogP contribution < -0.4 is 5.32 Å². The van der Waals surface area contributed by atoms with Crippen molar-refractivity contribution in [3.05, 3.63) is 48.5 Å². The number of anilines is 1. The van der Waals surface area contributed by atoms with Crippen molar-refractivity contribution in [2.24, 2.45) is 0 Å². The Morgan fingerprint density at radius 3 is 3.10 bits per heavy atom. The van der Waals surface area contributed by atoms with Crippen molar-refractivity contribution in [2.45, 2.75) is 5.03 Å². The molecule has 3 rings (SSSR count). The lowest BCUT2D eigenvalue weighted by Gasteiger charge is -2.08. The highest BCUT2D eigenvalue weighted by molar-refractivity contribution is 7.98. The molecule has 0 atom stereocenters. The lowest BCUT2D eigenvalue weighted by atomic mass is 10.2. The van der Waals surface area contributed by atoms with Crippen LogP contribution in [0.2, 0.25) is 0 Å². The minimum atomic E-state index is -0.210. The van der Waals surface area contributed by atoms with Crippen molar-refractivity contribution in [1.82, 2.24) is 19.6 Å². The normalized spacial score (nSPS) is 10.7. The van der Waals surface area contributed by atoms with Crippen LogP contribution in [0.4, 0.5) is 5.69 Å². The summed E-state index contributed by atoms with van der Waals surface area (Å²) in [5.41, 5.74) is 1.77. The molecule has 0 radical (unpaired) electrons. The number of aromatic nitrogens is 4. The Bertz CT molecular complexity index is 770. The average molecular weight is 285 g/mol. The SMILES string of the molecule is CSc1ncccc1C(=O)Nc1cccn2cnnc12. The number of nitrogens with zero attached hydrogens (tertiary/aromatic N) is 4. The zero-order valence-corrected chi connectivity index (χ0v) is 11.5. The largest absolute Gasteiger partial charge is 0.319 e. The van der Waals surface area contributed by atoms with E-state index in [1.165, 1.54) is 11.8 Å². The van der Waals surface area contributed by atoms with Gasteiger partial charge in [0.2, 0.25) is 0 Å². The van der Waals surface area contributed by atoms with Gasteiger partial charge in [-0.1, -0.05) is 0 Å². The number of hydrogen-bond acceptors (Lipinski definition) is 5. The topological polar surface area (TPSA) is 72.2 Å². The zero-order valence-electron chi connectivity index (χ0n) is 10.6. The van der Waals surface area contributed by atoms with E-state index >= 15 is 0 Å². The molecule has 20 heavy (non-hydrogen) atoms. The van der Waals surface area contributed by atoms with Gasteiger partial charge in [-0.05, 0) is 30.5 Å². The smallest absolute Gasteiger partial charge is 0.258 e. The lowest BCUT2D eigenvalue weighted by molar-refractivity contribution is 0.102. The van der Waals surface area contributed by atoms with Crippen LogP contribution in [-0.2, 0) is 0 Å². The molecule has 3 heterocycles. The van der Waals surface area contributed by atoms with E-state index < -0.39 is 0 Å². The molecule has 0 unspecified atom stereocenters. The van der Waals surface area contributed by atoms with E-state index in [9.17, 15) is 4.79 Å². The lowest BCUT2D eigenvalue weighted by Crippen LogP contribution is -2.14. The molecule has 0 aliphatic carbocycles. The summed E-state index contributed by atoms with van der Waals surface area (Å²) in [4.78, 5) is 16.5. The number of amides is 1. The molecular weight excluding hydrogens is 274 g/mol. The van der Waals surface area contributed by atoms with Crippen molar-refractivity contribution < 1.29 is 4.79 Å². The Hall–Kier alpha value is -2.41. The van der Waals surface area contributed by atoms with Gasteiger partial charge in [-0.2, -0.15) is 0 Å². The molecule has 3 aromatic heterocycles. The van der Waals surface area contributed by atoms with Crippen LogP contribution in [0.25, 0.3) is 5.65 Å². The maximum absolute atomic E-state index is 12.3. The Kier molecular flexibility index (Phi) is 3.34. The Balaban J connectivity index is 1.95. The molecule has 0 aliphatic rings. The molecule has 1 amide bonds. The minimum absolute atomic E-state index is 0.210. The molecule has 0 spiro atoms. The number of pyridine rings is 2. The van der Waals surface area contributed by atoms with Crippen molar-refractivity contribution in [1.29, 1.82) is 0 Å². The summed E-state index contributed by atoms with van der Waals surface area (Å²) in [6.07, 6.45) is 6.96. The molecule has 0 fully saturated rings. The number of rotatable bonds is 3. The number of nitrogens with one attached hydrogen (secondary N) is 1. The molecule has 0 aliphatic heterocycles. The third-order valence-electron chi connectivity index (χ3n) is 2.78. The second kappa shape index (κ2) is 5.30. The van der Waals surface area contributed by atoms with E-state index in [0.717, 1.165) is 0 Å². The van der Waals surface area contributed by atoms with Gasteiger partial charge in [-0.3, -0.25) is 9.20 Å². The second-order valence-corrected chi connectivity index (χ2v) is 4.79. The maximum Gasteiger partial charge on any atom is 0.258 e. The van der Waals surface area contributed by atoms with Crippen LogP contribution in [0, 0.1) is 0 Å². The number of fused-ring (bicyclic) bond motifs is 1. The van der Waals surface area contributed by atoms with Crippen LogP contribution in [0.3, 0.4) is 0 Å². The van der Waals surface area contributed by atoms with Gasteiger partial charge in [-0.25, -0.2) is 4.98 Å². The van der Waals surface area contributed by atoms with E-state index in [0.29, 0.717) is 21.9 Å². The van der Waals surface area contributed by atoms with Crippen molar-refractivity contribution in [3.63, 3.8) is 0 Å². The predicted octanol–water partition coefficient (Wildman–Crippen LogP) is 2.10. The molecule has 6 nitrogen and oxygen atoms in total. The van der Waals surface area contributed by atoms with Crippen LogP contribution >= 0.6 is 11.8 Å². The van der Waals surface area contributed by atoms with E-state index in [-0.39, 0.29) is 5.91 Å². The Morgan fingerprint density at radius 1 is 1.35 bits per heavy atom. The number of thioether (sulfide) groups is 1. The summed E-state index contributed by atoms with van der Waals surface area (Å²) in [5, 5.41) is 11.3. The third-order valence-corrected chi connectivity index (χ3v) is 3.49. The van der Waals surface area contributed by atoms with E-state index in [2.05, 4.69) is 20.5 Å². The fourth-order valence-corrected chi connectivity index (χ4v) is 2.41. The fraction of sp³-hybridized carbons (Fsp3) is 0.0769. The highest BCUT2D eigenvalue weighted by Gasteiger charge is 2.13. The van der Waals surface area contributed by atoms with Crippen LogP contribution in [0.1, 0.15) is 10.4 Å². The number of carbonyl (C=O) groups is 1. The first-order valence-corrected chi connectivity index (χ1v) is 7.11. The second-order valence-electron chi connectivity index (χ2n) is 4.00. The third kappa shape index (κ3) is 2.23. The summed E-state index contributed by atoms with van der Waals surface area (Å²) < 4.78 is 1.74. The van der Waals surface area contributed by atoms with Gasteiger partial charge in [0.05, 0.1) is 11.3 Å². The van der Waals surface area contributed by atoms with Crippen LogP contribution in [0.15, 0.2) is 48.0 Å². The molecule has 7 heteroatoms. The Labute approximate surface area is 119 Å². The van der Waals surface area contributed by atoms with Crippen molar-refractivity contribution in [3.8, 4) is 0 Å². The number of hydrogen-bond donors (Lipinski definition) is 1. The average Bonchev–Trinajstić information content (AvgIpc) is 2.96. The van der Waals surface area contributed by atoms with Gasteiger partial charge in [-0.15, -0.1) is 22.0 Å². The molecule has 100 valence electrons. The first-order valence-electron chi connectivity index (χ1n) is 5.88. The number of carbonyl (C=O) groups excluding carboxylic acids is 1. The van der Waals surface area contributed by atoms with Gasteiger partial charge in [0.15, 0.2) is 5.65 Å². The highest BCUT2D eigenvalue weighted by Crippen LogP contribution is 2.20. The van der Waals surface area contributed by atoms with E-state index in [1.807, 2.05) is 18.5 Å².